The number of aromatic amines is 1. The lowest BCUT2D eigenvalue weighted by molar-refractivity contribution is 0.566. The van der Waals surface area contributed by atoms with E-state index in [9.17, 15) is 13.6 Å². The van der Waals surface area contributed by atoms with Crippen LogP contribution in [0.25, 0.3) is 10.9 Å². The second kappa shape index (κ2) is 6.16. The SMILES string of the molecule is CCC(Nc1nc2ccccc2c(=O)[nH]1)c1cc(F)ccc1F. The molecule has 1 atom stereocenters. The molecule has 1 heterocycles. The zero-order valence-electron chi connectivity index (χ0n) is 12.4. The van der Waals surface area contributed by atoms with Crippen LogP contribution >= 0.6 is 0 Å². The number of nitrogens with one attached hydrogen (secondary N) is 2. The molecule has 6 heteroatoms. The summed E-state index contributed by atoms with van der Waals surface area (Å²) >= 11 is 0. The molecular weight excluding hydrogens is 300 g/mol. The summed E-state index contributed by atoms with van der Waals surface area (Å²) in [6.45, 7) is 1.83. The molecule has 0 amide bonds. The molecule has 0 fully saturated rings. The number of aromatic nitrogens is 2. The zero-order chi connectivity index (χ0) is 16.4. The number of rotatable bonds is 4. The number of benzene rings is 2. The van der Waals surface area contributed by atoms with Crippen LogP contribution in [0.15, 0.2) is 47.3 Å². The summed E-state index contributed by atoms with van der Waals surface area (Å²) in [5.41, 5.74) is 0.448. The number of H-pyrrole nitrogens is 1. The highest BCUT2D eigenvalue weighted by Gasteiger charge is 2.16. The summed E-state index contributed by atoms with van der Waals surface area (Å²) in [5.74, 6) is -0.792. The van der Waals surface area contributed by atoms with Gasteiger partial charge in [-0.15, -0.1) is 0 Å². The zero-order valence-corrected chi connectivity index (χ0v) is 12.4. The van der Waals surface area contributed by atoms with E-state index in [0.717, 1.165) is 18.2 Å². The Morgan fingerprint density at radius 2 is 2.00 bits per heavy atom. The summed E-state index contributed by atoms with van der Waals surface area (Å²) in [7, 11) is 0. The third kappa shape index (κ3) is 3.06. The van der Waals surface area contributed by atoms with Crippen LogP contribution in [0.5, 0.6) is 0 Å². The van der Waals surface area contributed by atoms with Crippen molar-refractivity contribution >= 4 is 16.9 Å². The fourth-order valence-corrected chi connectivity index (χ4v) is 2.50. The summed E-state index contributed by atoms with van der Waals surface area (Å²) in [5, 5.41) is 3.45. The summed E-state index contributed by atoms with van der Waals surface area (Å²) < 4.78 is 27.3. The van der Waals surface area contributed by atoms with Gasteiger partial charge in [0, 0.05) is 5.56 Å². The van der Waals surface area contributed by atoms with Gasteiger partial charge in [-0.1, -0.05) is 19.1 Å². The molecule has 0 spiro atoms. The van der Waals surface area contributed by atoms with Crippen LogP contribution in [-0.4, -0.2) is 9.97 Å². The van der Waals surface area contributed by atoms with Gasteiger partial charge in [-0.05, 0) is 36.8 Å². The summed E-state index contributed by atoms with van der Waals surface area (Å²) in [6.07, 6.45) is 0.497. The van der Waals surface area contributed by atoms with E-state index in [1.807, 2.05) is 6.92 Å². The monoisotopic (exact) mass is 315 g/mol. The Morgan fingerprint density at radius 3 is 2.78 bits per heavy atom. The molecule has 3 aromatic rings. The maximum absolute atomic E-state index is 13.9. The maximum atomic E-state index is 13.9. The molecule has 23 heavy (non-hydrogen) atoms. The number of fused-ring (bicyclic) bond motifs is 1. The second-order valence-electron chi connectivity index (χ2n) is 5.20. The highest BCUT2D eigenvalue weighted by molar-refractivity contribution is 5.78. The minimum atomic E-state index is -0.512. The molecule has 0 saturated carbocycles. The lowest BCUT2D eigenvalue weighted by Crippen LogP contribution is -2.18. The van der Waals surface area contributed by atoms with E-state index in [-0.39, 0.29) is 17.1 Å². The topological polar surface area (TPSA) is 57.8 Å². The molecule has 1 unspecified atom stereocenters. The highest BCUT2D eigenvalue weighted by Crippen LogP contribution is 2.24. The van der Waals surface area contributed by atoms with Gasteiger partial charge in [0.1, 0.15) is 11.6 Å². The molecule has 1 aromatic heterocycles. The first-order valence-electron chi connectivity index (χ1n) is 7.29. The van der Waals surface area contributed by atoms with E-state index >= 15 is 0 Å². The Balaban J connectivity index is 1.99. The Labute approximate surface area is 131 Å². The van der Waals surface area contributed by atoms with Gasteiger partial charge in [0.2, 0.25) is 5.95 Å². The Morgan fingerprint density at radius 1 is 1.22 bits per heavy atom. The fourth-order valence-electron chi connectivity index (χ4n) is 2.50. The number of halogens is 2. The highest BCUT2D eigenvalue weighted by atomic mass is 19.1. The van der Waals surface area contributed by atoms with Crippen molar-refractivity contribution in [3.05, 3.63) is 70.0 Å². The summed E-state index contributed by atoms with van der Waals surface area (Å²) in [6, 6.07) is 9.73. The molecule has 2 aromatic carbocycles. The van der Waals surface area contributed by atoms with Gasteiger partial charge >= 0.3 is 0 Å². The predicted octanol–water partition coefficient (Wildman–Crippen LogP) is 3.76. The van der Waals surface area contributed by atoms with E-state index in [0.29, 0.717) is 17.3 Å². The van der Waals surface area contributed by atoms with Gasteiger partial charge in [-0.2, -0.15) is 0 Å². The minimum absolute atomic E-state index is 0.198. The molecule has 0 bridgehead atoms. The molecule has 0 aliphatic carbocycles. The van der Waals surface area contributed by atoms with Gasteiger partial charge in [0.05, 0.1) is 16.9 Å². The molecule has 0 aliphatic rings. The third-order valence-corrected chi connectivity index (χ3v) is 3.67. The smallest absolute Gasteiger partial charge is 0.260 e. The van der Waals surface area contributed by atoms with Crippen molar-refractivity contribution in [2.24, 2.45) is 0 Å². The van der Waals surface area contributed by atoms with E-state index in [2.05, 4.69) is 15.3 Å². The molecule has 2 N–H and O–H groups in total. The second-order valence-corrected chi connectivity index (χ2v) is 5.20. The molecule has 3 rings (SSSR count). The molecule has 0 aliphatic heterocycles. The lowest BCUT2D eigenvalue weighted by atomic mass is 10.0. The van der Waals surface area contributed by atoms with E-state index < -0.39 is 17.7 Å². The number of nitrogens with zero attached hydrogens (tertiary/aromatic N) is 1. The Kier molecular flexibility index (Phi) is 4.06. The molecule has 0 saturated heterocycles. The van der Waals surface area contributed by atoms with Gasteiger partial charge in [0.15, 0.2) is 0 Å². The quantitative estimate of drug-likeness (QED) is 0.770. The largest absolute Gasteiger partial charge is 0.349 e. The normalized spacial score (nSPS) is 12.3. The van der Waals surface area contributed by atoms with Gasteiger partial charge in [-0.3, -0.25) is 9.78 Å². The van der Waals surface area contributed by atoms with Crippen LogP contribution < -0.4 is 10.9 Å². The minimum Gasteiger partial charge on any atom is -0.349 e. The average Bonchev–Trinajstić information content (AvgIpc) is 2.55. The van der Waals surface area contributed by atoms with Crippen LogP contribution in [0.2, 0.25) is 0 Å². The Hall–Kier alpha value is -2.76. The van der Waals surface area contributed by atoms with Crippen molar-refractivity contribution in [1.29, 1.82) is 0 Å². The van der Waals surface area contributed by atoms with E-state index in [1.54, 1.807) is 24.3 Å². The maximum Gasteiger partial charge on any atom is 0.260 e. The van der Waals surface area contributed by atoms with Crippen LogP contribution in [0.4, 0.5) is 14.7 Å². The van der Waals surface area contributed by atoms with Crippen LogP contribution in [0.3, 0.4) is 0 Å². The molecular formula is C17H15F2N3O. The van der Waals surface area contributed by atoms with Crippen LogP contribution in [-0.2, 0) is 0 Å². The first kappa shape index (κ1) is 15.1. The number of hydrogen-bond donors (Lipinski definition) is 2. The first-order chi connectivity index (χ1) is 11.1. The van der Waals surface area contributed by atoms with Crippen LogP contribution in [0.1, 0.15) is 24.9 Å². The standard InChI is InChI=1S/C17H15F2N3O/c1-2-14(12-9-10(18)7-8-13(12)19)20-17-21-15-6-4-3-5-11(15)16(23)22-17/h3-9,14H,2H2,1H3,(H2,20,21,22,23). The Bertz CT molecular complexity index is 908. The molecule has 4 nitrogen and oxygen atoms in total. The predicted molar refractivity (Wildman–Crippen MR) is 85.4 cm³/mol. The van der Waals surface area contributed by atoms with Gasteiger partial charge < -0.3 is 5.32 Å². The van der Waals surface area contributed by atoms with E-state index in [1.165, 1.54) is 0 Å². The average molecular weight is 315 g/mol. The lowest BCUT2D eigenvalue weighted by Gasteiger charge is -2.18. The van der Waals surface area contributed by atoms with Crippen molar-refractivity contribution in [2.75, 3.05) is 5.32 Å². The number of para-hydroxylation sites is 1. The summed E-state index contributed by atoms with van der Waals surface area (Å²) in [4.78, 5) is 19.0. The van der Waals surface area contributed by atoms with Crippen molar-refractivity contribution in [2.45, 2.75) is 19.4 Å². The van der Waals surface area contributed by atoms with Crippen LogP contribution in [0, 0.1) is 11.6 Å². The van der Waals surface area contributed by atoms with Crippen molar-refractivity contribution in [3.63, 3.8) is 0 Å². The number of anilines is 1. The van der Waals surface area contributed by atoms with Gasteiger partial charge in [0.25, 0.3) is 5.56 Å². The number of hydrogen-bond acceptors (Lipinski definition) is 3. The van der Waals surface area contributed by atoms with Crippen molar-refractivity contribution < 1.29 is 8.78 Å². The van der Waals surface area contributed by atoms with E-state index in [4.69, 9.17) is 0 Å². The van der Waals surface area contributed by atoms with Gasteiger partial charge in [-0.25, -0.2) is 13.8 Å². The van der Waals surface area contributed by atoms with Crippen molar-refractivity contribution in [3.8, 4) is 0 Å². The fraction of sp³-hybridized carbons (Fsp3) is 0.176. The molecule has 118 valence electrons. The molecule has 0 radical (unpaired) electrons. The first-order valence-corrected chi connectivity index (χ1v) is 7.29. The van der Waals surface area contributed by atoms with Crippen molar-refractivity contribution in [1.82, 2.24) is 9.97 Å². The third-order valence-electron chi connectivity index (χ3n) is 3.67.